The molecule has 0 aliphatic heterocycles. The summed E-state index contributed by atoms with van der Waals surface area (Å²) in [5.41, 5.74) is 3.71. The van der Waals surface area contributed by atoms with Crippen molar-refractivity contribution in [2.75, 3.05) is 20.7 Å². The first kappa shape index (κ1) is 25.5. The van der Waals surface area contributed by atoms with E-state index < -0.39 is 6.04 Å². The van der Waals surface area contributed by atoms with Crippen LogP contribution in [-0.2, 0) is 0 Å². The first-order valence-corrected chi connectivity index (χ1v) is 12.4. The molecule has 1 aromatic heterocycles. The molecule has 4 rings (SSSR count). The summed E-state index contributed by atoms with van der Waals surface area (Å²) in [6.45, 7) is -0.277. The van der Waals surface area contributed by atoms with Crippen molar-refractivity contribution in [2.24, 2.45) is 0 Å². The minimum Gasteiger partial charge on any atom is -0.394 e. The normalized spacial score (nSPS) is 18.4. The summed E-state index contributed by atoms with van der Waals surface area (Å²) in [4.78, 5) is 32.1. The number of aliphatic hydroxyl groups is 1. The fourth-order valence-corrected chi connectivity index (χ4v) is 4.74. The van der Waals surface area contributed by atoms with E-state index in [2.05, 4.69) is 34.6 Å². The Balaban J connectivity index is 1.38. The molecule has 1 aliphatic rings. The van der Waals surface area contributed by atoms with Crippen LogP contribution in [0.5, 0.6) is 0 Å². The summed E-state index contributed by atoms with van der Waals surface area (Å²) in [6.07, 6.45) is 7.52. The van der Waals surface area contributed by atoms with Crippen LogP contribution in [0.2, 0.25) is 0 Å². The van der Waals surface area contributed by atoms with E-state index in [0.29, 0.717) is 22.7 Å². The molecule has 0 radical (unpaired) electrons. The van der Waals surface area contributed by atoms with Crippen molar-refractivity contribution < 1.29 is 14.7 Å². The number of rotatable bonds is 8. The Morgan fingerprint density at radius 3 is 2.22 bits per heavy atom. The monoisotopic (exact) mass is 486 g/mol. The van der Waals surface area contributed by atoms with E-state index in [9.17, 15) is 14.7 Å². The van der Waals surface area contributed by atoms with Crippen LogP contribution in [0.15, 0.2) is 73.1 Å². The number of benzene rings is 2. The van der Waals surface area contributed by atoms with Gasteiger partial charge in [-0.15, -0.1) is 0 Å². The molecule has 1 aliphatic carbocycles. The van der Waals surface area contributed by atoms with Crippen LogP contribution in [0, 0.1) is 0 Å². The molecular weight excluding hydrogens is 452 g/mol. The van der Waals surface area contributed by atoms with Gasteiger partial charge in [-0.1, -0.05) is 24.3 Å². The van der Waals surface area contributed by atoms with Crippen molar-refractivity contribution in [3.63, 3.8) is 0 Å². The Labute approximate surface area is 212 Å². The largest absolute Gasteiger partial charge is 0.394 e. The van der Waals surface area contributed by atoms with Crippen LogP contribution in [0.4, 0.5) is 0 Å². The zero-order chi connectivity index (χ0) is 25.5. The van der Waals surface area contributed by atoms with Crippen LogP contribution in [0.3, 0.4) is 0 Å². The molecule has 188 valence electrons. The highest BCUT2D eigenvalue weighted by Crippen LogP contribution is 2.23. The maximum absolute atomic E-state index is 12.9. The zero-order valence-corrected chi connectivity index (χ0v) is 20.9. The number of amides is 2. The fraction of sp³-hybridized carbons (Fsp3) is 0.345. The van der Waals surface area contributed by atoms with Crippen molar-refractivity contribution in [1.29, 1.82) is 0 Å². The van der Waals surface area contributed by atoms with E-state index in [4.69, 9.17) is 0 Å². The second-order valence-electron chi connectivity index (χ2n) is 9.59. The SMILES string of the molecule is CN(C)C1CCC(NC(=O)c2cccc([C@@H](CO)NC(=O)c3ccc(-c4ccncc4)cc3)c2)CC1. The van der Waals surface area contributed by atoms with Gasteiger partial charge in [-0.05, 0) is 92.9 Å². The summed E-state index contributed by atoms with van der Waals surface area (Å²) in [7, 11) is 4.20. The first-order chi connectivity index (χ1) is 17.4. The Morgan fingerprint density at radius 1 is 0.917 bits per heavy atom. The van der Waals surface area contributed by atoms with E-state index in [0.717, 1.165) is 36.8 Å². The van der Waals surface area contributed by atoms with Crippen LogP contribution >= 0.6 is 0 Å². The highest BCUT2D eigenvalue weighted by molar-refractivity contribution is 5.96. The first-order valence-electron chi connectivity index (χ1n) is 12.4. The lowest BCUT2D eigenvalue weighted by Gasteiger charge is -2.33. The number of hydrogen-bond donors (Lipinski definition) is 3. The molecule has 3 aromatic rings. The van der Waals surface area contributed by atoms with Gasteiger partial charge in [0.25, 0.3) is 11.8 Å². The predicted molar refractivity (Wildman–Crippen MR) is 141 cm³/mol. The average molecular weight is 487 g/mol. The Bertz CT molecular complexity index is 1160. The number of nitrogens with one attached hydrogen (secondary N) is 2. The van der Waals surface area contributed by atoms with Gasteiger partial charge in [0.2, 0.25) is 0 Å². The molecular formula is C29H34N4O3. The van der Waals surface area contributed by atoms with Crippen molar-refractivity contribution in [3.05, 3.63) is 89.7 Å². The molecule has 2 aromatic carbocycles. The third-order valence-corrected chi connectivity index (χ3v) is 6.96. The number of hydrogen-bond acceptors (Lipinski definition) is 5. The number of pyridine rings is 1. The molecule has 0 bridgehead atoms. The molecule has 2 amide bonds. The lowest BCUT2D eigenvalue weighted by atomic mass is 9.90. The summed E-state index contributed by atoms with van der Waals surface area (Å²) in [5.74, 6) is -0.414. The van der Waals surface area contributed by atoms with E-state index >= 15 is 0 Å². The third-order valence-electron chi connectivity index (χ3n) is 6.96. The topological polar surface area (TPSA) is 94.6 Å². The van der Waals surface area contributed by atoms with Gasteiger partial charge in [0.1, 0.15) is 0 Å². The molecule has 1 heterocycles. The van der Waals surface area contributed by atoms with Crippen molar-refractivity contribution in [1.82, 2.24) is 20.5 Å². The maximum atomic E-state index is 12.9. The van der Waals surface area contributed by atoms with Gasteiger partial charge in [-0.25, -0.2) is 0 Å². The van der Waals surface area contributed by atoms with E-state index in [1.54, 1.807) is 42.7 Å². The van der Waals surface area contributed by atoms with Gasteiger partial charge < -0.3 is 20.6 Å². The second kappa shape index (κ2) is 11.9. The van der Waals surface area contributed by atoms with E-state index in [-0.39, 0.29) is 24.5 Å². The van der Waals surface area contributed by atoms with Crippen molar-refractivity contribution in [2.45, 2.75) is 43.8 Å². The molecule has 0 unspecified atom stereocenters. The Morgan fingerprint density at radius 2 is 1.58 bits per heavy atom. The molecule has 0 saturated heterocycles. The fourth-order valence-electron chi connectivity index (χ4n) is 4.74. The number of nitrogens with zero attached hydrogens (tertiary/aromatic N) is 2. The smallest absolute Gasteiger partial charge is 0.251 e. The number of aromatic nitrogens is 1. The molecule has 1 fully saturated rings. The van der Waals surface area contributed by atoms with Gasteiger partial charge in [-0.2, -0.15) is 0 Å². The summed E-state index contributed by atoms with van der Waals surface area (Å²) in [5, 5.41) is 16.0. The molecule has 0 spiro atoms. The molecule has 7 heteroatoms. The van der Waals surface area contributed by atoms with Gasteiger partial charge in [-0.3, -0.25) is 14.6 Å². The molecule has 36 heavy (non-hydrogen) atoms. The van der Waals surface area contributed by atoms with E-state index in [1.165, 1.54) is 0 Å². The number of carbonyl (C=O) groups excluding carboxylic acids is 2. The molecule has 3 N–H and O–H groups in total. The van der Waals surface area contributed by atoms with Crippen LogP contribution in [0.1, 0.15) is 58.0 Å². The average Bonchev–Trinajstić information content (AvgIpc) is 2.92. The predicted octanol–water partition coefficient (Wildman–Crippen LogP) is 3.81. The minimum absolute atomic E-state index is 0.125. The zero-order valence-electron chi connectivity index (χ0n) is 20.9. The summed E-state index contributed by atoms with van der Waals surface area (Å²) in [6, 6.07) is 18.3. The Hall–Kier alpha value is -3.55. The van der Waals surface area contributed by atoms with Gasteiger partial charge in [0, 0.05) is 35.6 Å². The van der Waals surface area contributed by atoms with Crippen LogP contribution in [0.25, 0.3) is 11.1 Å². The number of carbonyl (C=O) groups is 2. The van der Waals surface area contributed by atoms with Gasteiger partial charge in [0.05, 0.1) is 12.6 Å². The number of aliphatic hydroxyl groups excluding tert-OH is 1. The van der Waals surface area contributed by atoms with Crippen molar-refractivity contribution in [3.8, 4) is 11.1 Å². The highest BCUT2D eigenvalue weighted by atomic mass is 16.3. The minimum atomic E-state index is -0.624. The highest BCUT2D eigenvalue weighted by Gasteiger charge is 2.24. The van der Waals surface area contributed by atoms with Crippen LogP contribution < -0.4 is 10.6 Å². The molecule has 1 saturated carbocycles. The maximum Gasteiger partial charge on any atom is 0.251 e. The second-order valence-corrected chi connectivity index (χ2v) is 9.59. The summed E-state index contributed by atoms with van der Waals surface area (Å²) < 4.78 is 0. The summed E-state index contributed by atoms with van der Waals surface area (Å²) >= 11 is 0. The standard InChI is InChI=1S/C29H34N4O3/c1-33(2)26-12-10-25(11-13-26)31-29(36)24-5-3-4-23(18-24)27(19-34)32-28(35)22-8-6-20(7-9-22)21-14-16-30-17-15-21/h3-9,14-18,25-27,34H,10-13,19H2,1-2H3,(H,31,36)(H,32,35)/t25?,26?,27-/m1/s1. The third kappa shape index (κ3) is 6.36. The lowest BCUT2D eigenvalue weighted by Crippen LogP contribution is -2.41. The molecule has 7 nitrogen and oxygen atoms in total. The van der Waals surface area contributed by atoms with Crippen molar-refractivity contribution >= 4 is 11.8 Å². The lowest BCUT2D eigenvalue weighted by molar-refractivity contribution is 0.0912. The van der Waals surface area contributed by atoms with Gasteiger partial charge in [0.15, 0.2) is 0 Å². The van der Waals surface area contributed by atoms with E-state index in [1.807, 2.05) is 30.3 Å². The Kier molecular flexibility index (Phi) is 8.46. The van der Waals surface area contributed by atoms with Gasteiger partial charge >= 0.3 is 0 Å². The molecule has 1 atom stereocenters. The quantitative estimate of drug-likeness (QED) is 0.450. The van der Waals surface area contributed by atoms with Crippen LogP contribution in [-0.4, -0.2) is 59.6 Å².